The molecule has 1 aliphatic heterocycles. The van der Waals surface area contributed by atoms with Crippen LogP contribution >= 0.6 is 15.9 Å². The number of rotatable bonds is 11. The number of halogens is 1. The van der Waals surface area contributed by atoms with E-state index in [-0.39, 0.29) is 17.3 Å². The molecule has 37 heavy (non-hydrogen) atoms. The highest BCUT2D eigenvalue weighted by Crippen LogP contribution is 2.26. The Balaban J connectivity index is 1.49. The molecule has 0 bridgehead atoms. The molecule has 9 heteroatoms. The smallest absolute Gasteiger partial charge is 0.264 e. The molecule has 196 valence electrons. The van der Waals surface area contributed by atoms with Gasteiger partial charge in [-0.3, -0.25) is 14.0 Å². The van der Waals surface area contributed by atoms with Crippen molar-refractivity contribution in [1.82, 2.24) is 10.2 Å². The third-order valence-corrected chi connectivity index (χ3v) is 8.53. The van der Waals surface area contributed by atoms with Gasteiger partial charge in [0.15, 0.2) is 0 Å². The van der Waals surface area contributed by atoms with E-state index < -0.39 is 10.0 Å². The molecule has 4 rings (SSSR count). The van der Waals surface area contributed by atoms with Crippen molar-refractivity contribution < 1.29 is 17.9 Å². The molecule has 0 radical (unpaired) electrons. The van der Waals surface area contributed by atoms with Crippen molar-refractivity contribution in [3.63, 3.8) is 0 Å². The molecule has 1 saturated heterocycles. The van der Waals surface area contributed by atoms with Gasteiger partial charge >= 0.3 is 0 Å². The van der Waals surface area contributed by atoms with Crippen molar-refractivity contribution in [1.29, 1.82) is 0 Å². The van der Waals surface area contributed by atoms with Crippen molar-refractivity contribution in [3.8, 4) is 5.75 Å². The van der Waals surface area contributed by atoms with Crippen LogP contribution in [0.3, 0.4) is 0 Å². The predicted octanol–water partition coefficient (Wildman–Crippen LogP) is 4.96. The van der Waals surface area contributed by atoms with Crippen molar-refractivity contribution >= 4 is 37.5 Å². The van der Waals surface area contributed by atoms with Gasteiger partial charge in [0, 0.05) is 17.6 Å². The van der Waals surface area contributed by atoms with Gasteiger partial charge in [-0.2, -0.15) is 0 Å². The van der Waals surface area contributed by atoms with Gasteiger partial charge in [-0.05, 0) is 92.5 Å². The highest BCUT2D eigenvalue weighted by molar-refractivity contribution is 9.10. The van der Waals surface area contributed by atoms with Gasteiger partial charge in [0.1, 0.15) is 12.3 Å². The van der Waals surface area contributed by atoms with E-state index in [0.29, 0.717) is 24.6 Å². The van der Waals surface area contributed by atoms with Gasteiger partial charge in [-0.15, -0.1) is 0 Å². The van der Waals surface area contributed by atoms with Crippen molar-refractivity contribution in [2.75, 3.05) is 30.5 Å². The largest absolute Gasteiger partial charge is 0.494 e. The first-order chi connectivity index (χ1) is 17.8. The lowest BCUT2D eigenvalue weighted by Crippen LogP contribution is -2.40. The maximum absolute atomic E-state index is 13.6. The first-order valence-electron chi connectivity index (χ1n) is 12.4. The Morgan fingerprint density at radius 3 is 2.35 bits per heavy atom. The summed E-state index contributed by atoms with van der Waals surface area (Å²) in [7, 11) is -3.99. The molecule has 1 N–H and O–H groups in total. The standard InChI is InChI=1S/C28H32BrN3O4S/c1-2-36-26-12-10-25(11-13-26)32(37(34,35)27-14-8-24(29)9-15-27)21-28(33)30-19-22-6-5-7-23(18-22)20-31-16-3-4-17-31/h5-15,18H,2-4,16-17,19-21H2,1H3,(H,30,33). The first-order valence-corrected chi connectivity index (χ1v) is 14.7. The minimum Gasteiger partial charge on any atom is -0.494 e. The molecular weight excluding hydrogens is 554 g/mol. The monoisotopic (exact) mass is 585 g/mol. The summed E-state index contributed by atoms with van der Waals surface area (Å²) in [6, 6.07) is 21.2. The quantitative estimate of drug-likeness (QED) is 0.344. The fourth-order valence-corrected chi connectivity index (χ4v) is 6.03. The van der Waals surface area contributed by atoms with Crippen molar-refractivity contribution in [2.45, 2.75) is 37.8 Å². The normalized spacial score (nSPS) is 13.9. The molecule has 0 spiro atoms. The number of hydrogen-bond acceptors (Lipinski definition) is 5. The summed E-state index contributed by atoms with van der Waals surface area (Å²) in [4.78, 5) is 15.5. The Morgan fingerprint density at radius 2 is 1.68 bits per heavy atom. The maximum atomic E-state index is 13.6. The Bertz CT molecular complexity index is 1290. The van der Waals surface area contributed by atoms with E-state index in [2.05, 4.69) is 38.3 Å². The molecule has 1 heterocycles. The second-order valence-corrected chi connectivity index (χ2v) is 11.8. The number of carbonyl (C=O) groups is 1. The lowest BCUT2D eigenvalue weighted by molar-refractivity contribution is -0.119. The van der Waals surface area contributed by atoms with E-state index in [1.807, 2.05) is 19.1 Å². The van der Waals surface area contributed by atoms with E-state index in [1.54, 1.807) is 36.4 Å². The fraction of sp³-hybridized carbons (Fsp3) is 0.321. The van der Waals surface area contributed by atoms with E-state index in [9.17, 15) is 13.2 Å². The van der Waals surface area contributed by atoms with E-state index >= 15 is 0 Å². The Morgan fingerprint density at radius 1 is 1.00 bits per heavy atom. The minimum absolute atomic E-state index is 0.104. The summed E-state index contributed by atoms with van der Waals surface area (Å²) < 4.78 is 34.5. The summed E-state index contributed by atoms with van der Waals surface area (Å²) >= 11 is 3.34. The Kier molecular flexibility index (Phi) is 9.23. The minimum atomic E-state index is -3.99. The summed E-state index contributed by atoms with van der Waals surface area (Å²) in [6.07, 6.45) is 2.48. The lowest BCUT2D eigenvalue weighted by atomic mass is 10.1. The number of benzene rings is 3. The third kappa shape index (κ3) is 7.34. The van der Waals surface area contributed by atoms with Crippen LogP contribution in [0, 0.1) is 0 Å². The van der Waals surface area contributed by atoms with Crippen LogP contribution in [-0.4, -0.2) is 45.5 Å². The topological polar surface area (TPSA) is 79.0 Å². The van der Waals surface area contributed by atoms with Crippen LogP contribution in [0.2, 0.25) is 0 Å². The van der Waals surface area contributed by atoms with Crippen LogP contribution < -0.4 is 14.4 Å². The van der Waals surface area contributed by atoms with Crippen LogP contribution in [-0.2, 0) is 27.9 Å². The predicted molar refractivity (Wildman–Crippen MR) is 149 cm³/mol. The van der Waals surface area contributed by atoms with E-state index in [4.69, 9.17) is 4.74 Å². The fourth-order valence-electron chi connectivity index (χ4n) is 4.35. The summed E-state index contributed by atoms with van der Waals surface area (Å²) in [6.45, 7) is 5.50. The molecule has 1 aliphatic rings. The number of carbonyl (C=O) groups excluding carboxylic acids is 1. The van der Waals surface area contributed by atoms with Crippen LogP contribution in [0.25, 0.3) is 0 Å². The number of ether oxygens (including phenoxy) is 1. The number of amides is 1. The molecule has 7 nitrogen and oxygen atoms in total. The molecule has 0 atom stereocenters. The van der Waals surface area contributed by atoms with Gasteiger partial charge < -0.3 is 10.1 Å². The van der Waals surface area contributed by atoms with E-state index in [0.717, 1.165) is 34.0 Å². The number of anilines is 1. The highest BCUT2D eigenvalue weighted by Gasteiger charge is 2.27. The average Bonchev–Trinajstić information content (AvgIpc) is 3.40. The lowest BCUT2D eigenvalue weighted by Gasteiger charge is -2.24. The molecule has 0 aromatic heterocycles. The third-order valence-electron chi connectivity index (χ3n) is 6.21. The maximum Gasteiger partial charge on any atom is 0.264 e. The highest BCUT2D eigenvalue weighted by atomic mass is 79.9. The first kappa shape index (κ1) is 27.2. The number of sulfonamides is 1. The van der Waals surface area contributed by atoms with Crippen molar-refractivity contribution in [2.24, 2.45) is 0 Å². The van der Waals surface area contributed by atoms with Gasteiger partial charge in [-0.1, -0.05) is 40.2 Å². The number of likely N-dealkylation sites (tertiary alicyclic amines) is 1. The van der Waals surface area contributed by atoms with Crippen LogP contribution in [0.4, 0.5) is 5.69 Å². The van der Waals surface area contributed by atoms with Crippen LogP contribution in [0.1, 0.15) is 30.9 Å². The summed E-state index contributed by atoms with van der Waals surface area (Å²) in [5, 5.41) is 2.89. The SMILES string of the molecule is CCOc1ccc(N(CC(=O)NCc2cccc(CN3CCCC3)c2)S(=O)(=O)c2ccc(Br)cc2)cc1. The Labute approximate surface area is 227 Å². The molecule has 3 aromatic rings. The molecule has 0 unspecified atom stereocenters. The number of hydrogen-bond donors (Lipinski definition) is 1. The zero-order valence-corrected chi connectivity index (χ0v) is 23.3. The molecule has 0 aliphatic carbocycles. The van der Waals surface area contributed by atoms with Crippen LogP contribution in [0.15, 0.2) is 82.2 Å². The second-order valence-electron chi connectivity index (χ2n) is 8.97. The molecule has 0 saturated carbocycles. The average molecular weight is 587 g/mol. The second kappa shape index (κ2) is 12.6. The van der Waals surface area contributed by atoms with Gasteiger partial charge in [0.2, 0.25) is 5.91 Å². The molecular formula is C28H32BrN3O4S. The van der Waals surface area contributed by atoms with Gasteiger partial charge in [0.25, 0.3) is 10.0 Å². The number of nitrogens with zero attached hydrogens (tertiary/aromatic N) is 2. The molecule has 1 fully saturated rings. The van der Waals surface area contributed by atoms with E-state index in [1.165, 1.54) is 30.5 Å². The zero-order chi connectivity index (χ0) is 26.3. The van der Waals surface area contributed by atoms with Gasteiger partial charge in [0.05, 0.1) is 17.2 Å². The molecule has 1 amide bonds. The zero-order valence-electron chi connectivity index (χ0n) is 20.9. The van der Waals surface area contributed by atoms with Crippen molar-refractivity contribution in [3.05, 3.63) is 88.4 Å². The summed E-state index contributed by atoms with van der Waals surface area (Å²) in [5.74, 6) is 0.241. The molecule has 3 aromatic carbocycles. The van der Waals surface area contributed by atoms with Gasteiger partial charge in [-0.25, -0.2) is 8.42 Å². The Hall–Kier alpha value is -2.88. The van der Waals surface area contributed by atoms with Crippen LogP contribution in [0.5, 0.6) is 5.75 Å². The number of nitrogens with one attached hydrogen (secondary N) is 1. The summed E-state index contributed by atoms with van der Waals surface area (Å²) in [5.41, 5.74) is 2.57.